The number of nitrogens with zero attached hydrogens (tertiary/aromatic N) is 1. The van der Waals surface area contributed by atoms with Crippen molar-refractivity contribution in [3.63, 3.8) is 0 Å². The van der Waals surface area contributed by atoms with Crippen molar-refractivity contribution in [2.24, 2.45) is 11.7 Å². The van der Waals surface area contributed by atoms with Crippen LogP contribution in [0.1, 0.15) is 19.8 Å². The smallest absolute Gasteiger partial charge is 0.239 e. The molecule has 0 aromatic carbocycles. The molecule has 4 heteroatoms. The minimum Gasteiger partial charge on any atom is -0.374 e. The lowest BCUT2D eigenvalue weighted by Gasteiger charge is -2.34. The van der Waals surface area contributed by atoms with Gasteiger partial charge in [0.15, 0.2) is 0 Å². The van der Waals surface area contributed by atoms with Crippen LogP contribution in [0, 0.1) is 5.92 Å². The van der Waals surface area contributed by atoms with E-state index in [1.165, 1.54) is 12.8 Å². The molecule has 2 fully saturated rings. The van der Waals surface area contributed by atoms with Gasteiger partial charge < -0.3 is 15.4 Å². The number of carbonyl (C=O) groups excluding carboxylic acids is 1. The first kappa shape index (κ1) is 9.93. The normalized spacial score (nSPS) is 30.1. The molecule has 2 rings (SSSR count). The van der Waals surface area contributed by atoms with Crippen LogP contribution in [0.15, 0.2) is 0 Å². The van der Waals surface area contributed by atoms with Crippen LogP contribution in [0.2, 0.25) is 0 Å². The van der Waals surface area contributed by atoms with Crippen LogP contribution in [0.4, 0.5) is 0 Å². The largest absolute Gasteiger partial charge is 0.374 e. The van der Waals surface area contributed by atoms with E-state index in [9.17, 15) is 4.79 Å². The maximum absolute atomic E-state index is 11.6. The molecule has 1 amide bonds. The van der Waals surface area contributed by atoms with Crippen LogP contribution in [-0.2, 0) is 9.53 Å². The Balaban J connectivity index is 1.89. The fraction of sp³-hybridized carbons (Fsp3) is 0.900. The molecule has 2 aliphatic rings. The van der Waals surface area contributed by atoms with Crippen molar-refractivity contribution in [2.45, 2.75) is 31.9 Å². The molecule has 0 aromatic heterocycles. The van der Waals surface area contributed by atoms with Gasteiger partial charge in [0.2, 0.25) is 5.91 Å². The summed E-state index contributed by atoms with van der Waals surface area (Å²) < 4.78 is 5.63. The number of carbonyl (C=O) groups is 1. The Bertz CT molecular complexity index is 226. The molecule has 1 heterocycles. The summed E-state index contributed by atoms with van der Waals surface area (Å²) in [6.45, 7) is 3.85. The van der Waals surface area contributed by atoms with Gasteiger partial charge in [-0.25, -0.2) is 0 Å². The average molecular weight is 198 g/mol. The topological polar surface area (TPSA) is 55.6 Å². The third kappa shape index (κ3) is 2.07. The van der Waals surface area contributed by atoms with E-state index in [4.69, 9.17) is 10.5 Å². The Labute approximate surface area is 84.4 Å². The fourth-order valence-electron chi connectivity index (χ4n) is 1.92. The molecule has 1 aliphatic carbocycles. The number of hydrogen-bond donors (Lipinski definition) is 1. The van der Waals surface area contributed by atoms with Crippen molar-refractivity contribution >= 4 is 5.91 Å². The van der Waals surface area contributed by atoms with Gasteiger partial charge in [-0.3, -0.25) is 4.79 Å². The summed E-state index contributed by atoms with van der Waals surface area (Å²) in [5.41, 5.74) is 5.57. The second kappa shape index (κ2) is 3.87. The molecule has 2 atom stereocenters. The van der Waals surface area contributed by atoms with Crippen LogP contribution in [0.25, 0.3) is 0 Å². The molecule has 0 aromatic rings. The Morgan fingerprint density at radius 1 is 1.57 bits per heavy atom. The molecule has 0 bridgehead atoms. The van der Waals surface area contributed by atoms with E-state index >= 15 is 0 Å². The van der Waals surface area contributed by atoms with Gasteiger partial charge in [-0.05, 0) is 25.7 Å². The molecule has 1 unspecified atom stereocenters. The third-order valence-corrected chi connectivity index (χ3v) is 2.94. The maximum atomic E-state index is 11.6. The van der Waals surface area contributed by atoms with Crippen LogP contribution in [-0.4, -0.2) is 42.6 Å². The highest BCUT2D eigenvalue weighted by molar-refractivity contribution is 5.81. The van der Waals surface area contributed by atoms with E-state index in [1.807, 2.05) is 4.90 Å². The first-order chi connectivity index (χ1) is 6.68. The highest BCUT2D eigenvalue weighted by Gasteiger charge is 2.36. The highest BCUT2D eigenvalue weighted by atomic mass is 16.5. The van der Waals surface area contributed by atoms with Gasteiger partial charge in [-0.15, -0.1) is 0 Å². The van der Waals surface area contributed by atoms with E-state index in [0.29, 0.717) is 19.1 Å². The SMILES string of the molecule is C[C@@H](N)C(=O)N1CCOC(C2CC2)C1. The summed E-state index contributed by atoms with van der Waals surface area (Å²) in [4.78, 5) is 13.5. The molecule has 80 valence electrons. The maximum Gasteiger partial charge on any atom is 0.239 e. The van der Waals surface area contributed by atoms with Crippen LogP contribution in [0.3, 0.4) is 0 Å². The van der Waals surface area contributed by atoms with Crippen LogP contribution >= 0.6 is 0 Å². The van der Waals surface area contributed by atoms with Crippen LogP contribution < -0.4 is 5.73 Å². The predicted octanol–water partition coefficient (Wildman–Crippen LogP) is -0.0290. The molecule has 0 spiro atoms. The van der Waals surface area contributed by atoms with Crippen molar-refractivity contribution in [3.05, 3.63) is 0 Å². The van der Waals surface area contributed by atoms with Gasteiger partial charge in [0.05, 0.1) is 18.8 Å². The van der Waals surface area contributed by atoms with E-state index in [2.05, 4.69) is 0 Å². The first-order valence-electron chi connectivity index (χ1n) is 5.34. The zero-order valence-electron chi connectivity index (χ0n) is 8.61. The van der Waals surface area contributed by atoms with Crippen molar-refractivity contribution in [2.75, 3.05) is 19.7 Å². The third-order valence-electron chi connectivity index (χ3n) is 2.94. The number of hydrogen-bond acceptors (Lipinski definition) is 3. The van der Waals surface area contributed by atoms with E-state index < -0.39 is 0 Å². The standard InChI is InChI=1S/C10H18N2O2/c1-7(11)10(13)12-4-5-14-9(6-12)8-2-3-8/h7-9H,2-6,11H2,1H3/t7-,9?/m1/s1. The molecule has 14 heavy (non-hydrogen) atoms. The average Bonchev–Trinajstić information content (AvgIpc) is 3.00. The lowest BCUT2D eigenvalue weighted by atomic mass is 10.1. The van der Waals surface area contributed by atoms with Gasteiger partial charge in [0.1, 0.15) is 0 Å². The summed E-state index contributed by atoms with van der Waals surface area (Å²) in [5.74, 6) is 0.748. The lowest BCUT2D eigenvalue weighted by Crippen LogP contribution is -2.51. The number of rotatable bonds is 2. The van der Waals surface area contributed by atoms with Crippen LogP contribution in [0.5, 0.6) is 0 Å². The zero-order valence-corrected chi connectivity index (χ0v) is 8.61. The number of morpholine rings is 1. The minimum absolute atomic E-state index is 0.0546. The Morgan fingerprint density at radius 2 is 2.29 bits per heavy atom. The van der Waals surface area contributed by atoms with Crippen molar-refractivity contribution in [1.29, 1.82) is 0 Å². The molecule has 1 saturated carbocycles. The molecular weight excluding hydrogens is 180 g/mol. The summed E-state index contributed by atoms with van der Waals surface area (Å²) in [6.07, 6.45) is 2.78. The number of ether oxygens (including phenoxy) is 1. The monoisotopic (exact) mass is 198 g/mol. The molecule has 1 saturated heterocycles. The van der Waals surface area contributed by atoms with Crippen molar-refractivity contribution in [1.82, 2.24) is 4.90 Å². The van der Waals surface area contributed by atoms with E-state index in [-0.39, 0.29) is 18.1 Å². The number of nitrogens with two attached hydrogens (primary N) is 1. The van der Waals surface area contributed by atoms with Gasteiger partial charge in [0.25, 0.3) is 0 Å². The molecule has 1 aliphatic heterocycles. The van der Waals surface area contributed by atoms with Gasteiger partial charge in [-0.2, -0.15) is 0 Å². The Morgan fingerprint density at radius 3 is 2.86 bits per heavy atom. The van der Waals surface area contributed by atoms with E-state index in [1.54, 1.807) is 6.92 Å². The Hall–Kier alpha value is -0.610. The van der Waals surface area contributed by atoms with Gasteiger partial charge in [0, 0.05) is 13.1 Å². The van der Waals surface area contributed by atoms with Gasteiger partial charge in [-0.1, -0.05) is 0 Å². The predicted molar refractivity (Wildman–Crippen MR) is 52.7 cm³/mol. The number of amides is 1. The fourth-order valence-corrected chi connectivity index (χ4v) is 1.92. The second-order valence-corrected chi connectivity index (χ2v) is 4.32. The molecule has 2 N–H and O–H groups in total. The molecule has 0 radical (unpaired) electrons. The molecular formula is C10H18N2O2. The summed E-state index contributed by atoms with van der Waals surface area (Å²) in [7, 11) is 0. The second-order valence-electron chi connectivity index (χ2n) is 4.32. The highest BCUT2D eigenvalue weighted by Crippen LogP contribution is 2.35. The summed E-state index contributed by atoms with van der Waals surface area (Å²) in [5, 5.41) is 0. The zero-order chi connectivity index (χ0) is 10.1. The van der Waals surface area contributed by atoms with Crippen molar-refractivity contribution < 1.29 is 9.53 Å². The summed E-state index contributed by atoms with van der Waals surface area (Å²) in [6, 6.07) is -0.382. The Kier molecular flexibility index (Phi) is 2.74. The van der Waals surface area contributed by atoms with E-state index in [0.717, 1.165) is 6.54 Å². The quantitative estimate of drug-likeness (QED) is 0.678. The first-order valence-corrected chi connectivity index (χ1v) is 5.34. The summed E-state index contributed by atoms with van der Waals surface area (Å²) >= 11 is 0. The molecule has 4 nitrogen and oxygen atoms in total. The lowest BCUT2D eigenvalue weighted by molar-refractivity contribution is -0.140. The minimum atomic E-state index is -0.382. The van der Waals surface area contributed by atoms with Gasteiger partial charge >= 0.3 is 0 Å². The van der Waals surface area contributed by atoms with Crippen molar-refractivity contribution in [3.8, 4) is 0 Å².